The second-order valence-corrected chi connectivity index (χ2v) is 0. The Morgan fingerprint density at radius 1 is 1.25 bits per heavy atom. The molecule has 0 atom stereocenters. The van der Waals surface area contributed by atoms with Crippen molar-refractivity contribution >= 4 is 0 Å². The number of nitrogens with zero attached hydrogens (tertiary/aromatic N) is 1. The van der Waals surface area contributed by atoms with Gasteiger partial charge in [-0.15, -0.1) is 0 Å². The Hall–Kier alpha value is 0.750. The van der Waals surface area contributed by atoms with E-state index in [-0.39, 0.29) is 39.4 Å². The van der Waals surface area contributed by atoms with Gasteiger partial charge in [-0.25, -0.2) is 5.26 Å². The largest absolute Gasteiger partial charge is 0.202 e. The SMILES string of the molecule is C#N.[Ag].[Cu]. The Kier molecular flexibility index (Phi) is 275. The fourth-order valence-corrected chi connectivity index (χ4v) is 0. The summed E-state index contributed by atoms with van der Waals surface area (Å²) in [5.41, 5.74) is 0. The van der Waals surface area contributed by atoms with Crippen molar-refractivity contribution in [3.8, 4) is 6.57 Å². The normalized spacial score (nSPS) is 0.500. The van der Waals surface area contributed by atoms with E-state index in [9.17, 15) is 0 Å². The molecule has 0 heterocycles. The van der Waals surface area contributed by atoms with Crippen LogP contribution in [0, 0.1) is 11.8 Å². The van der Waals surface area contributed by atoms with Gasteiger partial charge in [0.1, 0.15) is 0 Å². The van der Waals surface area contributed by atoms with E-state index in [1.165, 1.54) is 0 Å². The van der Waals surface area contributed by atoms with Crippen molar-refractivity contribution in [2.75, 3.05) is 0 Å². The summed E-state index contributed by atoms with van der Waals surface area (Å²) in [6.45, 7) is 3.50. The molecular formula is CHAgCuN. The van der Waals surface area contributed by atoms with Gasteiger partial charge in [0.25, 0.3) is 0 Å². The fourth-order valence-electron chi connectivity index (χ4n) is 0. The zero-order valence-corrected chi connectivity index (χ0v) is 4.05. The summed E-state index contributed by atoms with van der Waals surface area (Å²) in [5.74, 6) is 0. The van der Waals surface area contributed by atoms with Gasteiger partial charge in [-0.05, 0) is 0 Å². The first kappa shape index (κ1) is 21.8. The zero-order chi connectivity index (χ0) is 2.00. The maximum absolute atomic E-state index is 6.50. The first-order chi connectivity index (χ1) is 1.00. The minimum atomic E-state index is 0. The van der Waals surface area contributed by atoms with Crippen LogP contribution in [0.15, 0.2) is 0 Å². The molecule has 0 aliphatic heterocycles. The number of hydrogen-bond donors (Lipinski definition) is 0. The van der Waals surface area contributed by atoms with Crippen LogP contribution in [0.25, 0.3) is 0 Å². The van der Waals surface area contributed by atoms with Crippen molar-refractivity contribution in [2.45, 2.75) is 0 Å². The van der Waals surface area contributed by atoms with E-state index < -0.39 is 0 Å². The van der Waals surface area contributed by atoms with Crippen LogP contribution >= 0.6 is 0 Å². The Morgan fingerprint density at radius 3 is 1.25 bits per heavy atom. The van der Waals surface area contributed by atoms with Crippen LogP contribution in [0.5, 0.6) is 0 Å². The quantitative estimate of drug-likeness (QED) is 0.508. The monoisotopic (exact) mass is 197 g/mol. The van der Waals surface area contributed by atoms with Crippen LogP contribution in [0.1, 0.15) is 0 Å². The summed E-state index contributed by atoms with van der Waals surface area (Å²) in [4.78, 5) is 0. The summed E-state index contributed by atoms with van der Waals surface area (Å²) in [7, 11) is 0. The van der Waals surface area contributed by atoms with Crippen molar-refractivity contribution in [1.29, 1.82) is 5.26 Å². The van der Waals surface area contributed by atoms with Crippen LogP contribution in [-0.2, 0) is 39.4 Å². The predicted octanol–water partition coefficient (Wildman–Crippen LogP) is 0.135. The molecule has 0 aromatic rings. The molecule has 0 rings (SSSR count). The van der Waals surface area contributed by atoms with Gasteiger partial charge in [0.15, 0.2) is 0 Å². The molecule has 0 amide bonds. The molecule has 0 spiro atoms. The first-order valence-electron chi connectivity index (χ1n) is 0.258. The second-order valence-electron chi connectivity index (χ2n) is 0. The molecule has 0 aromatic carbocycles. The summed E-state index contributed by atoms with van der Waals surface area (Å²) >= 11 is 0. The minimum Gasteiger partial charge on any atom is -0.202 e. The van der Waals surface area contributed by atoms with Gasteiger partial charge in [0.2, 0.25) is 0 Å². The third-order valence-corrected chi connectivity index (χ3v) is 0. The molecule has 0 aromatic heterocycles. The Balaban J connectivity index is -0.00000000500. The molecule has 0 aliphatic carbocycles. The molecule has 0 saturated heterocycles. The molecule has 0 bridgehead atoms. The molecule has 0 N–H and O–H groups in total. The molecule has 1 nitrogen and oxygen atoms in total. The molecule has 0 unspecified atom stereocenters. The van der Waals surface area contributed by atoms with Crippen molar-refractivity contribution < 1.29 is 39.4 Å². The van der Waals surface area contributed by atoms with E-state index >= 15 is 0 Å². The fraction of sp³-hybridized carbons (Fsp3) is 0. The Morgan fingerprint density at radius 2 is 1.25 bits per heavy atom. The topological polar surface area (TPSA) is 23.8 Å². The van der Waals surface area contributed by atoms with E-state index in [1.807, 2.05) is 0 Å². The van der Waals surface area contributed by atoms with Crippen LogP contribution in [-0.4, -0.2) is 0 Å². The summed E-state index contributed by atoms with van der Waals surface area (Å²) in [6, 6.07) is 0. The van der Waals surface area contributed by atoms with Crippen LogP contribution < -0.4 is 0 Å². The smallest absolute Gasteiger partial charge is 0.0462 e. The van der Waals surface area contributed by atoms with Crippen molar-refractivity contribution in [1.82, 2.24) is 0 Å². The van der Waals surface area contributed by atoms with E-state index in [0.29, 0.717) is 0 Å². The van der Waals surface area contributed by atoms with Gasteiger partial charge in [0.05, 0.1) is 0 Å². The number of hydrogen-bond acceptors (Lipinski definition) is 1. The minimum absolute atomic E-state index is 0. The number of rotatable bonds is 0. The van der Waals surface area contributed by atoms with Gasteiger partial charge >= 0.3 is 0 Å². The summed E-state index contributed by atoms with van der Waals surface area (Å²) < 4.78 is 0. The van der Waals surface area contributed by atoms with E-state index in [4.69, 9.17) is 5.26 Å². The second kappa shape index (κ2) is 50.4. The molecule has 0 saturated carbocycles. The van der Waals surface area contributed by atoms with Crippen LogP contribution in [0.3, 0.4) is 0 Å². The maximum Gasteiger partial charge on any atom is 0.0462 e. The third-order valence-electron chi connectivity index (χ3n) is 0. The Bertz CT molecular complexity index is 12.8. The van der Waals surface area contributed by atoms with Gasteiger partial charge in [-0.1, -0.05) is 0 Å². The van der Waals surface area contributed by atoms with E-state index in [2.05, 4.69) is 6.57 Å². The first-order valence-corrected chi connectivity index (χ1v) is 0.258. The van der Waals surface area contributed by atoms with Crippen LogP contribution in [0.2, 0.25) is 0 Å². The average molecular weight is 198 g/mol. The molecular weight excluding hydrogens is 197 g/mol. The third kappa shape index (κ3) is 15.0. The average Bonchev–Trinajstić information content (AvgIpc) is 1.00. The van der Waals surface area contributed by atoms with Gasteiger partial charge in [-0.2, -0.15) is 0 Å². The molecule has 2 radical (unpaired) electrons. The van der Waals surface area contributed by atoms with Gasteiger partial charge in [0, 0.05) is 46.0 Å². The molecule has 3 heteroatoms. The van der Waals surface area contributed by atoms with Crippen LogP contribution in [0.4, 0.5) is 0 Å². The summed E-state index contributed by atoms with van der Waals surface area (Å²) in [5, 5.41) is 6.50. The standard InChI is InChI=1S/CHN.Ag.Cu/c1-2;;/h1H;;. The van der Waals surface area contributed by atoms with Crippen molar-refractivity contribution in [3.63, 3.8) is 0 Å². The predicted molar refractivity (Wildman–Crippen MR) is 6.67 cm³/mol. The molecule has 0 aliphatic rings. The zero-order valence-electron chi connectivity index (χ0n) is 1.63. The molecule has 0 fully saturated rings. The number of nitriles is 1. The van der Waals surface area contributed by atoms with E-state index in [0.717, 1.165) is 0 Å². The molecule has 32 valence electrons. The van der Waals surface area contributed by atoms with Gasteiger partial charge < -0.3 is 0 Å². The molecule has 4 heavy (non-hydrogen) atoms. The summed E-state index contributed by atoms with van der Waals surface area (Å²) in [6.07, 6.45) is 0. The maximum atomic E-state index is 6.50. The van der Waals surface area contributed by atoms with Crippen molar-refractivity contribution in [3.05, 3.63) is 0 Å². The van der Waals surface area contributed by atoms with E-state index in [1.54, 1.807) is 0 Å². The van der Waals surface area contributed by atoms with Gasteiger partial charge in [-0.3, -0.25) is 0 Å². The Labute approximate surface area is 51.4 Å². The van der Waals surface area contributed by atoms with Crippen molar-refractivity contribution in [2.24, 2.45) is 0 Å².